The van der Waals surface area contributed by atoms with Crippen LogP contribution in [0.3, 0.4) is 0 Å². The summed E-state index contributed by atoms with van der Waals surface area (Å²) in [7, 11) is -3.96. The average molecular weight is 598 g/mol. The zero-order chi connectivity index (χ0) is 20.5. The quantitative estimate of drug-likeness (QED) is 0.409. The third-order valence-corrected chi connectivity index (χ3v) is 5.96. The van der Waals surface area contributed by atoms with Crippen LogP contribution in [0.25, 0.3) is 16.3 Å². The second-order valence-electron chi connectivity index (χ2n) is 7.27. The van der Waals surface area contributed by atoms with Gasteiger partial charge in [0, 0.05) is 46.1 Å². The zero-order valence-electron chi connectivity index (χ0n) is 16.6. The van der Waals surface area contributed by atoms with Crippen LogP contribution in [0.5, 0.6) is 0 Å². The van der Waals surface area contributed by atoms with E-state index in [9.17, 15) is 13.5 Å². The van der Waals surface area contributed by atoms with Crippen LogP contribution in [0, 0.1) is 5.92 Å². The Morgan fingerprint density at radius 3 is 2.66 bits per heavy atom. The van der Waals surface area contributed by atoms with Crippen LogP contribution in [0.15, 0.2) is 6.33 Å². The van der Waals surface area contributed by atoms with Crippen LogP contribution in [-0.2, 0) is 37.2 Å². The maximum atomic E-state index is 11.4. The van der Waals surface area contributed by atoms with Crippen molar-refractivity contribution < 1.29 is 33.9 Å². The van der Waals surface area contributed by atoms with E-state index in [1.165, 1.54) is 0 Å². The number of hydrogen-bond acceptors (Lipinski definition) is 8. The molecule has 11 nitrogen and oxygen atoms in total. The van der Waals surface area contributed by atoms with Gasteiger partial charge >= 0.3 is 0 Å². The van der Waals surface area contributed by atoms with Crippen molar-refractivity contribution >= 4 is 33.1 Å². The molecule has 0 aliphatic carbocycles. The Kier molecular flexibility index (Phi) is 7.95. The second kappa shape index (κ2) is 9.63. The number of aromatic nitrogens is 4. The third kappa shape index (κ3) is 5.42. The van der Waals surface area contributed by atoms with Crippen molar-refractivity contribution in [3.05, 3.63) is 11.5 Å². The number of fused-ring (bicyclic) bond motifs is 1. The molecular formula is C16H27N8O3ReS-. The molecule has 1 radical (unpaired) electrons. The normalized spacial score (nSPS) is 18.8. The molecule has 4 N–H and O–H groups in total. The Balaban J connectivity index is 0.00000300. The van der Waals surface area contributed by atoms with Crippen LogP contribution in [0.2, 0.25) is 0 Å². The van der Waals surface area contributed by atoms with Crippen LogP contribution in [-0.4, -0.2) is 69.1 Å². The molecular weight excluding hydrogens is 571 g/mol. The van der Waals surface area contributed by atoms with Crippen molar-refractivity contribution in [1.82, 2.24) is 23.8 Å². The SMILES string of the molecule is CCn1cnc2c(NC3CCN(S([NH-])(=O)=O)C3)nc(NC(CO)C(C)C)nc21.[Re]. The van der Waals surface area contributed by atoms with Gasteiger partial charge in [-0.2, -0.15) is 9.97 Å². The molecule has 0 aromatic carbocycles. The van der Waals surface area contributed by atoms with Crippen molar-refractivity contribution in [2.45, 2.75) is 45.8 Å². The Hall–Kier alpha value is -1.36. The van der Waals surface area contributed by atoms with E-state index in [1.807, 2.05) is 25.3 Å². The Labute approximate surface area is 184 Å². The van der Waals surface area contributed by atoms with Gasteiger partial charge < -0.3 is 25.4 Å². The molecule has 2 aromatic heterocycles. The summed E-state index contributed by atoms with van der Waals surface area (Å²) in [5.41, 5.74) is 1.26. The summed E-state index contributed by atoms with van der Waals surface area (Å²) in [4.78, 5) is 13.5. The molecule has 2 unspecified atom stereocenters. The number of aryl methyl sites for hydroxylation is 1. The van der Waals surface area contributed by atoms with Crippen molar-refractivity contribution in [2.24, 2.45) is 5.92 Å². The van der Waals surface area contributed by atoms with E-state index in [-0.39, 0.29) is 51.6 Å². The van der Waals surface area contributed by atoms with Gasteiger partial charge in [-0.15, -0.1) is 0 Å². The van der Waals surface area contributed by atoms with Crippen molar-refractivity contribution in [3.63, 3.8) is 0 Å². The molecule has 29 heavy (non-hydrogen) atoms. The number of imidazole rings is 1. The molecule has 1 aliphatic heterocycles. The topological polar surface area (TPSA) is 149 Å². The second-order valence-corrected chi connectivity index (χ2v) is 8.74. The smallest absolute Gasteiger partial charge is 0.227 e. The summed E-state index contributed by atoms with van der Waals surface area (Å²) in [6, 6.07) is -0.365. The average Bonchev–Trinajstić information content (AvgIpc) is 3.25. The number of aliphatic hydroxyl groups excluding tert-OH is 1. The van der Waals surface area contributed by atoms with Gasteiger partial charge in [0.05, 0.1) is 19.0 Å². The third-order valence-electron chi connectivity index (χ3n) is 4.95. The van der Waals surface area contributed by atoms with E-state index in [1.54, 1.807) is 6.33 Å². The van der Waals surface area contributed by atoms with Crippen LogP contribution in [0.1, 0.15) is 27.2 Å². The van der Waals surface area contributed by atoms with Gasteiger partial charge in [-0.05, 0) is 19.3 Å². The number of anilines is 2. The molecule has 3 rings (SSSR count). The Morgan fingerprint density at radius 1 is 1.38 bits per heavy atom. The maximum absolute atomic E-state index is 11.4. The minimum absolute atomic E-state index is 0. The molecule has 13 heteroatoms. The minimum Gasteiger partial charge on any atom is -0.550 e. The van der Waals surface area contributed by atoms with Gasteiger partial charge in [-0.25, -0.2) is 17.7 Å². The van der Waals surface area contributed by atoms with E-state index in [2.05, 4.69) is 25.6 Å². The van der Waals surface area contributed by atoms with Crippen LogP contribution >= 0.6 is 0 Å². The van der Waals surface area contributed by atoms with Gasteiger partial charge in [0.25, 0.3) is 0 Å². The molecule has 2 atom stereocenters. The molecule has 0 saturated carbocycles. The summed E-state index contributed by atoms with van der Waals surface area (Å²) >= 11 is 0. The molecule has 1 aliphatic rings. The van der Waals surface area contributed by atoms with Gasteiger partial charge in [-0.3, -0.25) is 0 Å². The van der Waals surface area contributed by atoms with E-state index in [4.69, 9.17) is 5.14 Å². The van der Waals surface area contributed by atoms with Gasteiger partial charge in [0.15, 0.2) is 17.0 Å². The molecule has 1 saturated heterocycles. The maximum Gasteiger partial charge on any atom is 0.227 e. The van der Waals surface area contributed by atoms with E-state index in [0.29, 0.717) is 42.4 Å². The van der Waals surface area contributed by atoms with Gasteiger partial charge in [0.2, 0.25) is 5.95 Å². The summed E-state index contributed by atoms with van der Waals surface area (Å²) < 4.78 is 25.9. The fourth-order valence-corrected chi connectivity index (χ4v) is 3.91. The predicted molar refractivity (Wildman–Crippen MR) is 107 cm³/mol. The summed E-state index contributed by atoms with van der Waals surface area (Å²) in [6.07, 6.45) is 2.27. The van der Waals surface area contributed by atoms with Crippen LogP contribution < -0.4 is 10.6 Å². The molecule has 3 heterocycles. The standard InChI is InChI=1S/C16H27N8O3S.Re/c1-4-23-9-18-13-14(19-11-5-6-24(7-11)28(17,26)27)21-16(22-15(13)23)20-12(8-25)10(2)3;/h9-12,25H,4-8H2,1-3H3,(H3-,17,19,20,21,22,26,27);/q-1;. The van der Waals surface area contributed by atoms with Gasteiger partial charge in [0.1, 0.15) is 10.2 Å². The predicted octanol–water partition coefficient (Wildman–Crippen LogP) is 1.06. The van der Waals surface area contributed by atoms with Crippen molar-refractivity contribution in [2.75, 3.05) is 30.3 Å². The Bertz CT molecular complexity index is 936. The minimum atomic E-state index is -3.96. The largest absolute Gasteiger partial charge is 0.550 e. The zero-order valence-corrected chi connectivity index (χ0v) is 20.2. The Morgan fingerprint density at radius 2 is 2.10 bits per heavy atom. The number of aliphatic hydroxyl groups is 1. The molecule has 163 valence electrons. The first kappa shape index (κ1) is 23.9. The fraction of sp³-hybridized carbons (Fsp3) is 0.688. The van der Waals surface area contributed by atoms with Crippen molar-refractivity contribution in [1.29, 1.82) is 0 Å². The molecule has 0 spiro atoms. The van der Waals surface area contributed by atoms with E-state index < -0.39 is 10.2 Å². The van der Waals surface area contributed by atoms with Gasteiger partial charge in [-0.1, -0.05) is 13.8 Å². The number of rotatable bonds is 8. The summed E-state index contributed by atoms with van der Waals surface area (Å²) in [5.74, 6) is 1.07. The monoisotopic (exact) mass is 598 g/mol. The number of nitrogens with zero attached hydrogens (tertiary/aromatic N) is 5. The van der Waals surface area contributed by atoms with E-state index >= 15 is 0 Å². The number of nitrogens with one attached hydrogen (secondary N) is 3. The number of hydrogen-bond donors (Lipinski definition) is 3. The fourth-order valence-electron chi connectivity index (χ4n) is 3.19. The van der Waals surface area contributed by atoms with Crippen LogP contribution in [0.4, 0.5) is 11.8 Å². The molecule has 1 fully saturated rings. The van der Waals surface area contributed by atoms with E-state index in [0.717, 1.165) is 4.31 Å². The summed E-state index contributed by atoms with van der Waals surface area (Å²) in [5, 5.41) is 23.3. The summed E-state index contributed by atoms with van der Waals surface area (Å²) in [6.45, 7) is 7.13. The molecule has 2 aromatic rings. The first-order valence-electron chi connectivity index (χ1n) is 9.34. The first-order chi connectivity index (χ1) is 13.2. The first-order valence-corrected chi connectivity index (χ1v) is 10.8. The molecule has 0 amide bonds. The van der Waals surface area contributed by atoms with Crippen molar-refractivity contribution in [3.8, 4) is 0 Å². The molecule has 0 bridgehead atoms.